The Morgan fingerprint density at radius 3 is 2.38 bits per heavy atom. The average molecular weight is 476 g/mol. The first-order valence-electron chi connectivity index (χ1n) is 10.7. The lowest BCUT2D eigenvalue weighted by molar-refractivity contribution is -0.117. The van der Waals surface area contributed by atoms with E-state index in [0.29, 0.717) is 55.3 Å². The van der Waals surface area contributed by atoms with Gasteiger partial charge in [-0.05, 0) is 50.1 Å². The molecule has 0 bridgehead atoms. The first-order chi connectivity index (χ1) is 15.3. The summed E-state index contributed by atoms with van der Waals surface area (Å²) in [7, 11) is -3.61. The van der Waals surface area contributed by atoms with Crippen molar-refractivity contribution < 1.29 is 18.0 Å². The first-order valence-corrected chi connectivity index (χ1v) is 12.6. The van der Waals surface area contributed by atoms with Crippen molar-refractivity contribution in [3.63, 3.8) is 0 Å². The van der Waals surface area contributed by atoms with E-state index in [1.54, 1.807) is 52.3 Å². The molecular formula is C23H26ClN3O4S. The molecule has 2 amide bonds. The molecule has 2 heterocycles. The Bertz CT molecular complexity index is 1130. The van der Waals surface area contributed by atoms with E-state index in [2.05, 4.69) is 0 Å². The molecule has 2 aliphatic heterocycles. The van der Waals surface area contributed by atoms with E-state index in [4.69, 9.17) is 11.6 Å². The number of sulfonamides is 1. The van der Waals surface area contributed by atoms with Crippen molar-refractivity contribution in [1.29, 1.82) is 0 Å². The Hall–Kier alpha value is -2.42. The SMILES string of the molecule is Cc1ccc(S(=O)(=O)N2CCCN(C(=O)c3ccc(Cl)c(N4CCCC4=O)c3)CC2)cc1. The van der Waals surface area contributed by atoms with Crippen LogP contribution >= 0.6 is 11.6 Å². The van der Waals surface area contributed by atoms with Crippen LogP contribution in [0.3, 0.4) is 0 Å². The number of halogens is 1. The monoisotopic (exact) mass is 475 g/mol. The number of carbonyl (C=O) groups is 2. The normalized spacial score (nSPS) is 18.1. The molecule has 170 valence electrons. The van der Waals surface area contributed by atoms with E-state index in [0.717, 1.165) is 12.0 Å². The highest BCUT2D eigenvalue weighted by Gasteiger charge is 2.29. The molecule has 0 spiro atoms. The van der Waals surface area contributed by atoms with E-state index in [9.17, 15) is 18.0 Å². The lowest BCUT2D eigenvalue weighted by atomic mass is 10.1. The molecule has 0 aliphatic carbocycles. The van der Waals surface area contributed by atoms with Crippen molar-refractivity contribution in [3.8, 4) is 0 Å². The molecule has 2 saturated heterocycles. The van der Waals surface area contributed by atoms with Crippen LogP contribution in [0, 0.1) is 6.92 Å². The maximum Gasteiger partial charge on any atom is 0.253 e. The van der Waals surface area contributed by atoms with Gasteiger partial charge >= 0.3 is 0 Å². The average Bonchev–Trinajstić information content (AvgIpc) is 3.04. The second-order valence-corrected chi connectivity index (χ2v) is 10.5. The van der Waals surface area contributed by atoms with Gasteiger partial charge in [-0.15, -0.1) is 0 Å². The van der Waals surface area contributed by atoms with Gasteiger partial charge in [-0.3, -0.25) is 9.59 Å². The minimum atomic E-state index is -3.61. The number of hydrogen-bond donors (Lipinski definition) is 0. The van der Waals surface area contributed by atoms with Crippen LogP contribution in [0.25, 0.3) is 0 Å². The highest BCUT2D eigenvalue weighted by atomic mass is 35.5. The zero-order valence-corrected chi connectivity index (χ0v) is 19.5. The third-order valence-corrected chi connectivity index (χ3v) is 8.19. The number of aryl methyl sites for hydroxylation is 1. The molecule has 32 heavy (non-hydrogen) atoms. The predicted molar refractivity (Wildman–Crippen MR) is 123 cm³/mol. The number of hydrogen-bond acceptors (Lipinski definition) is 4. The summed E-state index contributed by atoms with van der Waals surface area (Å²) in [5, 5.41) is 0.433. The topological polar surface area (TPSA) is 78.0 Å². The molecule has 2 aromatic rings. The largest absolute Gasteiger partial charge is 0.337 e. The van der Waals surface area contributed by atoms with Crippen molar-refractivity contribution in [1.82, 2.24) is 9.21 Å². The summed E-state index contributed by atoms with van der Waals surface area (Å²) < 4.78 is 27.5. The summed E-state index contributed by atoms with van der Waals surface area (Å²) in [5.41, 5.74) is 1.99. The maximum atomic E-state index is 13.2. The Labute approximate surface area is 193 Å². The molecule has 0 radical (unpaired) electrons. The summed E-state index contributed by atoms with van der Waals surface area (Å²) >= 11 is 6.30. The molecule has 0 N–H and O–H groups in total. The second-order valence-electron chi connectivity index (χ2n) is 8.18. The molecule has 0 unspecified atom stereocenters. The first kappa shape index (κ1) is 22.8. The number of benzene rings is 2. The molecule has 9 heteroatoms. The highest BCUT2D eigenvalue weighted by molar-refractivity contribution is 7.89. The fraction of sp³-hybridized carbons (Fsp3) is 0.391. The van der Waals surface area contributed by atoms with Gasteiger partial charge in [0, 0.05) is 44.7 Å². The minimum Gasteiger partial charge on any atom is -0.337 e. The van der Waals surface area contributed by atoms with E-state index in [-0.39, 0.29) is 23.3 Å². The van der Waals surface area contributed by atoms with Crippen LogP contribution in [-0.4, -0.2) is 62.2 Å². The predicted octanol–water partition coefficient (Wildman–Crippen LogP) is 3.31. The molecule has 0 aromatic heterocycles. The van der Waals surface area contributed by atoms with Crippen LogP contribution in [0.15, 0.2) is 47.4 Å². The summed E-state index contributed by atoms with van der Waals surface area (Å²) in [6.45, 7) is 3.84. The lowest BCUT2D eigenvalue weighted by Crippen LogP contribution is -2.37. The molecule has 0 atom stereocenters. The molecule has 0 saturated carbocycles. The van der Waals surface area contributed by atoms with E-state index >= 15 is 0 Å². The Morgan fingerprint density at radius 2 is 1.69 bits per heavy atom. The molecular weight excluding hydrogens is 450 g/mol. The van der Waals surface area contributed by atoms with Crippen molar-refractivity contribution in [3.05, 3.63) is 58.6 Å². The van der Waals surface area contributed by atoms with E-state index in [1.807, 2.05) is 6.92 Å². The zero-order valence-electron chi connectivity index (χ0n) is 18.0. The van der Waals surface area contributed by atoms with Crippen LogP contribution < -0.4 is 4.90 Å². The van der Waals surface area contributed by atoms with Crippen molar-refractivity contribution in [2.75, 3.05) is 37.6 Å². The summed E-state index contributed by atoms with van der Waals surface area (Å²) in [4.78, 5) is 28.9. The number of rotatable bonds is 4. The van der Waals surface area contributed by atoms with Crippen LogP contribution in [0.2, 0.25) is 5.02 Å². The number of carbonyl (C=O) groups excluding carboxylic acids is 2. The third-order valence-electron chi connectivity index (χ3n) is 5.96. The number of nitrogens with zero attached hydrogens (tertiary/aromatic N) is 3. The molecule has 2 fully saturated rings. The zero-order chi connectivity index (χ0) is 22.9. The Kier molecular flexibility index (Phi) is 6.55. The van der Waals surface area contributed by atoms with Gasteiger partial charge < -0.3 is 9.80 Å². The molecule has 7 nitrogen and oxygen atoms in total. The van der Waals surface area contributed by atoms with Gasteiger partial charge in [0.1, 0.15) is 0 Å². The van der Waals surface area contributed by atoms with Crippen molar-refractivity contribution >= 4 is 39.1 Å². The van der Waals surface area contributed by atoms with E-state index < -0.39 is 10.0 Å². The van der Waals surface area contributed by atoms with Gasteiger partial charge in [0.2, 0.25) is 15.9 Å². The Morgan fingerprint density at radius 1 is 0.938 bits per heavy atom. The van der Waals surface area contributed by atoms with Gasteiger partial charge in [-0.25, -0.2) is 8.42 Å². The summed E-state index contributed by atoms with van der Waals surface area (Å²) in [6, 6.07) is 11.8. The van der Waals surface area contributed by atoms with Gasteiger partial charge in [0.15, 0.2) is 0 Å². The van der Waals surface area contributed by atoms with Gasteiger partial charge in [-0.2, -0.15) is 4.31 Å². The Balaban J connectivity index is 1.49. The van der Waals surface area contributed by atoms with Gasteiger partial charge in [0.05, 0.1) is 15.6 Å². The molecule has 2 aromatic carbocycles. The van der Waals surface area contributed by atoms with Gasteiger partial charge in [-0.1, -0.05) is 29.3 Å². The second kappa shape index (κ2) is 9.21. The third kappa shape index (κ3) is 4.53. The summed E-state index contributed by atoms with van der Waals surface area (Å²) in [6.07, 6.45) is 1.79. The maximum absolute atomic E-state index is 13.2. The lowest BCUT2D eigenvalue weighted by Gasteiger charge is -2.23. The van der Waals surface area contributed by atoms with Crippen LogP contribution in [0.5, 0.6) is 0 Å². The minimum absolute atomic E-state index is 0.00299. The number of amides is 2. The van der Waals surface area contributed by atoms with E-state index in [1.165, 1.54) is 4.31 Å². The molecule has 2 aliphatic rings. The number of anilines is 1. The molecule has 4 rings (SSSR count). The standard InChI is InChI=1S/C23H26ClN3O4S/c1-17-5-8-19(9-6-17)32(30,31)26-12-3-11-25(14-15-26)23(29)18-7-10-20(24)21(16-18)27-13-2-4-22(27)28/h5-10,16H,2-4,11-15H2,1H3. The van der Waals surface area contributed by atoms with Crippen molar-refractivity contribution in [2.24, 2.45) is 0 Å². The highest BCUT2D eigenvalue weighted by Crippen LogP contribution is 2.31. The van der Waals surface area contributed by atoms with Crippen LogP contribution in [0.1, 0.15) is 35.2 Å². The smallest absolute Gasteiger partial charge is 0.253 e. The van der Waals surface area contributed by atoms with Crippen LogP contribution in [-0.2, 0) is 14.8 Å². The summed E-state index contributed by atoms with van der Waals surface area (Å²) in [5.74, 6) is -0.188. The fourth-order valence-corrected chi connectivity index (χ4v) is 5.82. The quantitative estimate of drug-likeness (QED) is 0.679. The van der Waals surface area contributed by atoms with Crippen molar-refractivity contribution in [2.45, 2.75) is 31.1 Å². The van der Waals surface area contributed by atoms with Gasteiger partial charge in [0.25, 0.3) is 5.91 Å². The fourth-order valence-electron chi connectivity index (χ4n) is 4.13. The van der Waals surface area contributed by atoms with Crippen LogP contribution in [0.4, 0.5) is 5.69 Å².